The Morgan fingerprint density at radius 1 is 1.00 bits per heavy atom. The van der Waals surface area contributed by atoms with E-state index < -0.39 is 17.9 Å². The van der Waals surface area contributed by atoms with E-state index in [1.807, 2.05) is 12.1 Å². The Labute approximate surface area is 193 Å². The first-order valence-corrected chi connectivity index (χ1v) is 10.4. The van der Waals surface area contributed by atoms with Crippen LogP contribution in [0.5, 0.6) is 5.75 Å². The average molecular weight is 469 g/mol. The van der Waals surface area contributed by atoms with Gasteiger partial charge in [-0.1, -0.05) is 32.9 Å². The number of fused-ring (bicyclic) bond motifs is 1. The van der Waals surface area contributed by atoms with Gasteiger partial charge in [0, 0.05) is 11.6 Å². The normalized spacial score (nSPS) is 12.1. The van der Waals surface area contributed by atoms with Crippen molar-refractivity contribution < 1.29 is 22.7 Å². The fraction of sp³-hybridized carbons (Fsp3) is 0.250. The van der Waals surface area contributed by atoms with E-state index >= 15 is 0 Å². The molecule has 0 aliphatic rings. The number of rotatable bonds is 4. The molecule has 0 saturated heterocycles. The van der Waals surface area contributed by atoms with E-state index in [-0.39, 0.29) is 28.1 Å². The lowest BCUT2D eigenvalue weighted by Crippen LogP contribution is -2.16. The smallest absolute Gasteiger partial charge is 0.450 e. The third-order valence-corrected chi connectivity index (χ3v) is 5.24. The van der Waals surface area contributed by atoms with E-state index in [9.17, 15) is 18.0 Å². The fourth-order valence-electron chi connectivity index (χ4n) is 3.42. The molecule has 0 spiro atoms. The molecule has 0 radical (unpaired) electrons. The van der Waals surface area contributed by atoms with Crippen LogP contribution in [0.1, 0.15) is 42.5 Å². The minimum Gasteiger partial charge on any atom is -0.497 e. The monoisotopic (exact) mass is 469 g/mol. The number of imidazole rings is 1. The molecule has 0 aliphatic heterocycles. The van der Waals surface area contributed by atoms with Gasteiger partial charge < -0.3 is 10.1 Å². The van der Waals surface area contributed by atoms with Gasteiger partial charge in [0.25, 0.3) is 5.91 Å². The molecule has 0 bridgehead atoms. The number of halogens is 3. The summed E-state index contributed by atoms with van der Waals surface area (Å²) in [6.45, 7) is 6.22. The van der Waals surface area contributed by atoms with Crippen molar-refractivity contribution in [2.45, 2.75) is 32.4 Å². The molecule has 176 valence electrons. The molecule has 4 rings (SSSR count). The van der Waals surface area contributed by atoms with E-state index in [2.05, 4.69) is 41.0 Å². The van der Waals surface area contributed by atoms with Crippen molar-refractivity contribution in [3.8, 4) is 11.6 Å². The lowest BCUT2D eigenvalue weighted by Gasteiger charge is -2.19. The highest BCUT2D eigenvalue weighted by molar-refractivity contribution is 6.03. The molecule has 0 aliphatic carbocycles. The number of carbonyl (C=O) groups excluding carboxylic acids is 1. The summed E-state index contributed by atoms with van der Waals surface area (Å²) in [6.07, 6.45) is -2.37. The number of amides is 1. The van der Waals surface area contributed by atoms with Gasteiger partial charge in [0.05, 0.1) is 30.5 Å². The molecule has 0 saturated carbocycles. The summed E-state index contributed by atoms with van der Waals surface area (Å²) in [5.74, 6) is -1.15. The second-order valence-electron chi connectivity index (χ2n) is 8.66. The van der Waals surface area contributed by atoms with Crippen LogP contribution in [0.25, 0.3) is 16.9 Å². The maximum Gasteiger partial charge on any atom is 0.450 e. The van der Waals surface area contributed by atoms with Gasteiger partial charge >= 0.3 is 6.18 Å². The fourth-order valence-corrected chi connectivity index (χ4v) is 3.42. The molecule has 10 heteroatoms. The van der Waals surface area contributed by atoms with Crippen LogP contribution >= 0.6 is 0 Å². The predicted molar refractivity (Wildman–Crippen MR) is 121 cm³/mol. The Kier molecular flexibility index (Phi) is 5.76. The van der Waals surface area contributed by atoms with Gasteiger partial charge in [-0.25, -0.2) is 15.0 Å². The van der Waals surface area contributed by atoms with Crippen molar-refractivity contribution >= 4 is 22.8 Å². The van der Waals surface area contributed by atoms with Gasteiger partial charge in [-0.15, -0.1) is 0 Å². The van der Waals surface area contributed by atoms with Crippen molar-refractivity contribution in [1.82, 2.24) is 19.5 Å². The number of hydrogen-bond acceptors (Lipinski definition) is 5. The van der Waals surface area contributed by atoms with Gasteiger partial charge in [-0.2, -0.15) is 13.2 Å². The summed E-state index contributed by atoms with van der Waals surface area (Å²) in [7, 11) is 1.42. The molecule has 4 aromatic rings. The number of anilines is 1. The number of ether oxygens (including phenoxy) is 1. The zero-order valence-corrected chi connectivity index (χ0v) is 18.9. The van der Waals surface area contributed by atoms with Crippen molar-refractivity contribution in [2.75, 3.05) is 12.4 Å². The SMILES string of the molecule is COc1ccc2c(c1)nc(C(F)(F)F)n2-c1cnc(NC(=O)c2ccc(C(C)(C)C)cc2)cn1. The number of nitrogens with one attached hydrogen (secondary N) is 1. The van der Waals surface area contributed by atoms with Crippen LogP contribution in [0.3, 0.4) is 0 Å². The van der Waals surface area contributed by atoms with Crippen LogP contribution in [0.2, 0.25) is 0 Å². The first kappa shape index (κ1) is 23.2. The lowest BCUT2D eigenvalue weighted by molar-refractivity contribution is -0.145. The molecule has 2 aromatic heterocycles. The van der Waals surface area contributed by atoms with Gasteiger partial charge in [-0.3, -0.25) is 9.36 Å². The average Bonchev–Trinajstić information content (AvgIpc) is 3.18. The minimum absolute atomic E-state index is 0.0474. The third-order valence-electron chi connectivity index (χ3n) is 5.24. The van der Waals surface area contributed by atoms with E-state index in [1.54, 1.807) is 12.1 Å². The third kappa shape index (κ3) is 4.57. The number of hydrogen-bond donors (Lipinski definition) is 1. The summed E-state index contributed by atoms with van der Waals surface area (Å²) in [5.41, 5.74) is 1.75. The maximum absolute atomic E-state index is 13.7. The quantitative estimate of drug-likeness (QED) is 0.433. The molecule has 1 N–H and O–H groups in total. The standard InChI is InChI=1S/C24H22F3N5O2/c1-23(2,3)15-7-5-14(6-8-15)21(33)31-19-12-29-20(13-28-19)32-18-10-9-16(34-4)11-17(18)30-22(32)24(25,26)27/h5-13H,1-4H3,(H,28,31,33). The number of nitrogens with zero attached hydrogens (tertiary/aromatic N) is 4. The molecular weight excluding hydrogens is 447 g/mol. The van der Waals surface area contributed by atoms with Gasteiger partial charge in [0.15, 0.2) is 11.6 Å². The Balaban J connectivity index is 1.62. The molecule has 1 amide bonds. The second-order valence-corrected chi connectivity index (χ2v) is 8.66. The minimum atomic E-state index is -4.72. The Bertz CT molecular complexity index is 1340. The zero-order valence-electron chi connectivity index (χ0n) is 18.9. The summed E-state index contributed by atoms with van der Waals surface area (Å²) >= 11 is 0. The van der Waals surface area contributed by atoms with Crippen molar-refractivity contribution in [3.63, 3.8) is 0 Å². The first-order chi connectivity index (χ1) is 16.0. The summed E-state index contributed by atoms with van der Waals surface area (Å²) in [4.78, 5) is 24.5. The summed E-state index contributed by atoms with van der Waals surface area (Å²) in [5, 5.41) is 2.61. The molecule has 2 heterocycles. The van der Waals surface area contributed by atoms with Crippen LogP contribution in [0.15, 0.2) is 54.9 Å². The van der Waals surface area contributed by atoms with Crippen LogP contribution < -0.4 is 10.1 Å². The lowest BCUT2D eigenvalue weighted by atomic mass is 9.87. The highest BCUT2D eigenvalue weighted by atomic mass is 19.4. The molecule has 7 nitrogen and oxygen atoms in total. The number of carbonyl (C=O) groups is 1. The van der Waals surface area contributed by atoms with Crippen molar-refractivity contribution in [1.29, 1.82) is 0 Å². The van der Waals surface area contributed by atoms with Gasteiger partial charge in [0.2, 0.25) is 5.82 Å². The van der Waals surface area contributed by atoms with E-state index in [0.717, 1.165) is 16.3 Å². The Morgan fingerprint density at radius 3 is 2.26 bits per heavy atom. The van der Waals surface area contributed by atoms with E-state index in [1.165, 1.54) is 31.5 Å². The summed E-state index contributed by atoms with van der Waals surface area (Å²) in [6, 6.07) is 11.6. The van der Waals surface area contributed by atoms with Gasteiger partial charge in [0.1, 0.15) is 5.75 Å². The molecule has 34 heavy (non-hydrogen) atoms. The van der Waals surface area contributed by atoms with Crippen LogP contribution in [-0.4, -0.2) is 32.5 Å². The highest BCUT2D eigenvalue weighted by Gasteiger charge is 2.38. The second kappa shape index (κ2) is 8.44. The van der Waals surface area contributed by atoms with E-state index in [0.29, 0.717) is 11.3 Å². The molecule has 0 unspecified atom stereocenters. The Morgan fingerprint density at radius 2 is 1.71 bits per heavy atom. The number of aromatic nitrogens is 4. The topological polar surface area (TPSA) is 81.9 Å². The molecule has 0 atom stereocenters. The number of alkyl halides is 3. The molecule has 0 fully saturated rings. The first-order valence-electron chi connectivity index (χ1n) is 10.4. The van der Waals surface area contributed by atoms with Crippen LogP contribution in [0.4, 0.5) is 19.0 Å². The highest BCUT2D eigenvalue weighted by Crippen LogP contribution is 2.34. The van der Waals surface area contributed by atoms with E-state index in [4.69, 9.17) is 4.74 Å². The molecular formula is C24H22F3N5O2. The number of benzene rings is 2. The van der Waals surface area contributed by atoms with Crippen LogP contribution in [0, 0.1) is 0 Å². The van der Waals surface area contributed by atoms with Crippen LogP contribution in [-0.2, 0) is 11.6 Å². The predicted octanol–water partition coefficient (Wildman–Crippen LogP) is 5.39. The Hall–Kier alpha value is -3.95. The van der Waals surface area contributed by atoms with Gasteiger partial charge in [-0.05, 0) is 35.2 Å². The number of methoxy groups -OCH3 is 1. The largest absolute Gasteiger partial charge is 0.497 e. The van der Waals surface area contributed by atoms with Crippen molar-refractivity contribution in [3.05, 3.63) is 71.8 Å². The molecule has 2 aromatic carbocycles. The van der Waals surface area contributed by atoms with Crippen molar-refractivity contribution in [2.24, 2.45) is 0 Å². The summed E-state index contributed by atoms with van der Waals surface area (Å²) < 4.78 is 47.0. The maximum atomic E-state index is 13.7. The zero-order chi connectivity index (χ0) is 24.7.